The van der Waals surface area contributed by atoms with Crippen molar-refractivity contribution in [3.8, 4) is 0 Å². The Labute approximate surface area is 152 Å². The monoisotopic (exact) mass is 350 g/mol. The van der Waals surface area contributed by atoms with Crippen molar-refractivity contribution < 1.29 is 9.90 Å². The lowest BCUT2D eigenvalue weighted by atomic mass is 10.2. The van der Waals surface area contributed by atoms with Gasteiger partial charge in [0.1, 0.15) is 5.82 Å². The summed E-state index contributed by atoms with van der Waals surface area (Å²) in [6, 6.07) is 3.89. The van der Waals surface area contributed by atoms with E-state index in [2.05, 4.69) is 21.7 Å². The van der Waals surface area contributed by atoms with Crippen molar-refractivity contribution in [1.82, 2.24) is 14.8 Å². The first-order chi connectivity index (χ1) is 12.2. The van der Waals surface area contributed by atoms with Gasteiger partial charge in [0.25, 0.3) is 0 Å². The molecule has 1 fully saturated rings. The van der Waals surface area contributed by atoms with E-state index in [9.17, 15) is 4.79 Å². The van der Waals surface area contributed by atoms with Gasteiger partial charge in [-0.2, -0.15) is 0 Å². The maximum Gasteiger partial charge on any atom is 0.242 e. The molecule has 1 aliphatic rings. The molecule has 0 aromatic carbocycles. The second-order valence-corrected chi connectivity index (χ2v) is 6.03. The Morgan fingerprint density at radius 2 is 1.88 bits per heavy atom. The zero-order valence-electron chi connectivity index (χ0n) is 16.2. The highest BCUT2D eigenvalue weighted by Crippen LogP contribution is 2.17. The Kier molecular flexibility index (Phi) is 10.3. The number of aryl methyl sites for hydroxylation is 1. The molecule has 142 valence electrons. The van der Waals surface area contributed by atoms with Gasteiger partial charge in [0, 0.05) is 45.5 Å². The number of hydrogen-bond donors (Lipinski definition) is 1. The topological polar surface area (TPSA) is 59.9 Å². The Hall–Kier alpha value is -1.50. The first kappa shape index (κ1) is 21.5. The fourth-order valence-corrected chi connectivity index (χ4v) is 2.92. The molecule has 1 aromatic heterocycles. The molecule has 1 aliphatic heterocycles. The lowest BCUT2D eigenvalue weighted by Gasteiger charge is -2.35. The minimum Gasteiger partial charge on any atom is -0.395 e. The standard InChI is InChI=1S/C17H28N4O2.C2H6/c1-3-7-21(17-15(2)5-4-6-18-17)16(23)14-20-10-8-19(9-11-20)12-13-22;1-2/h4-6,22H,3,7-14H2,1-2H3;1-2H3. The van der Waals surface area contributed by atoms with Crippen LogP contribution in [0.4, 0.5) is 5.82 Å². The molecule has 1 saturated heterocycles. The predicted octanol–water partition coefficient (Wildman–Crippen LogP) is 1.77. The summed E-state index contributed by atoms with van der Waals surface area (Å²) in [5.74, 6) is 0.891. The third-order valence-electron chi connectivity index (χ3n) is 4.23. The van der Waals surface area contributed by atoms with Gasteiger partial charge in [-0.1, -0.05) is 26.8 Å². The van der Waals surface area contributed by atoms with Gasteiger partial charge in [0.15, 0.2) is 0 Å². The van der Waals surface area contributed by atoms with E-state index in [1.807, 2.05) is 37.8 Å². The summed E-state index contributed by atoms with van der Waals surface area (Å²) in [6.45, 7) is 13.7. The second-order valence-electron chi connectivity index (χ2n) is 6.03. The van der Waals surface area contributed by atoms with E-state index in [0.29, 0.717) is 13.1 Å². The molecule has 0 bridgehead atoms. The average molecular weight is 351 g/mol. The number of piperazine rings is 1. The molecule has 2 heterocycles. The second kappa shape index (κ2) is 12.0. The van der Waals surface area contributed by atoms with Crippen molar-refractivity contribution in [2.75, 3.05) is 57.3 Å². The Bertz CT molecular complexity index is 502. The molecular formula is C19H34N4O2. The lowest BCUT2D eigenvalue weighted by molar-refractivity contribution is -0.120. The number of nitrogens with zero attached hydrogens (tertiary/aromatic N) is 4. The summed E-state index contributed by atoms with van der Waals surface area (Å²) in [5, 5.41) is 8.99. The van der Waals surface area contributed by atoms with Crippen LogP contribution in [-0.2, 0) is 4.79 Å². The number of amides is 1. The van der Waals surface area contributed by atoms with Gasteiger partial charge in [0.2, 0.25) is 5.91 Å². The lowest BCUT2D eigenvalue weighted by Crippen LogP contribution is -2.50. The summed E-state index contributed by atoms with van der Waals surface area (Å²) in [7, 11) is 0. The molecule has 6 nitrogen and oxygen atoms in total. The molecular weight excluding hydrogens is 316 g/mol. The normalized spacial score (nSPS) is 15.4. The van der Waals surface area contributed by atoms with Gasteiger partial charge in [-0.3, -0.25) is 19.5 Å². The van der Waals surface area contributed by atoms with Crippen LogP contribution in [0.1, 0.15) is 32.8 Å². The van der Waals surface area contributed by atoms with Gasteiger partial charge in [-0.15, -0.1) is 0 Å². The molecule has 1 N–H and O–H groups in total. The number of rotatable bonds is 7. The number of aliphatic hydroxyl groups excluding tert-OH is 1. The number of aliphatic hydroxyl groups is 1. The first-order valence-electron chi connectivity index (χ1n) is 9.43. The van der Waals surface area contributed by atoms with E-state index in [1.165, 1.54) is 0 Å². The van der Waals surface area contributed by atoms with Crippen LogP contribution in [-0.4, -0.2) is 78.2 Å². The summed E-state index contributed by atoms with van der Waals surface area (Å²) in [6.07, 6.45) is 2.65. The van der Waals surface area contributed by atoms with Crippen LogP contribution in [0, 0.1) is 6.92 Å². The summed E-state index contributed by atoms with van der Waals surface area (Å²) >= 11 is 0. The van der Waals surface area contributed by atoms with E-state index in [0.717, 1.165) is 50.5 Å². The number of aromatic nitrogens is 1. The summed E-state index contributed by atoms with van der Waals surface area (Å²) in [5.41, 5.74) is 1.03. The van der Waals surface area contributed by atoms with Crippen LogP contribution in [0.3, 0.4) is 0 Å². The molecule has 0 unspecified atom stereocenters. The fourth-order valence-electron chi connectivity index (χ4n) is 2.92. The molecule has 2 rings (SSSR count). The molecule has 0 spiro atoms. The third-order valence-corrected chi connectivity index (χ3v) is 4.23. The van der Waals surface area contributed by atoms with Crippen molar-refractivity contribution in [3.05, 3.63) is 23.9 Å². The SMILES string of the molecule is CC.CCCN(C(=O)CN1CCN(CCO)CC1)c1ncccc1C. The van der Waals surface area contributed by atoms with Gasteiger partial charge in [-0.05, 0) is 25.0 Å². The van der Waals surface area contributed by atoms with Crippen molar-refractivity contribution in [1.29, 1.82) is 0 Å². The zero-order chi connectivity index (χ0) is 18.7. The van der Waals surface area contributed by atoms with Crippen LogP contribution in [0.25, 0.3) is 0 Å². The highest BCUT2D eigenvalue weighted by atomic mass is 16.3. The summed E-state index contributed by atoms with van der Waals surface area (Å²) in [4.78, 5) is 23.4. The average Bonchev–Trinajstić information content (AvgIpc) is 2.64. The smallest absolute Gasteiger partial charge is 0.242 e. The molecule has 6 heteroatoms. The first-order valence-corrected chi connectivity index (χ1v) is 9.43. The number of pyridine rings is 1. The van der Waals surface area contributed by atoms with E-state index in [4.69, 9.17) is 5.11 Å². The highest BCUT2D eigenvalue weighted by molar-refractivity contribution is 5.94. The molecule has 1 aromatic rings. The number of hydrogen-bond acceptors (Lipinski definition) is 5. The minimum atomic E-state index is 0.115. The largest absolute Gasteiger partial charge is 0.395 e. The molecule has 0 radical (unpaired) electrons. The highest BCUT2D eigenvalue weighted by Gasteiger charge is 2.23. The van der Waals surface area contributed by atoms with Gasteiger partial charge in [0.05, 0.1) is 13.2 Å². The molecule has 0 aliphatic carbocycles. The van der Waals surface area contributed by atoms with Crippen LogP contribution in [0.2, 0.25) is 0 Å². The number of carbonyl (C=O) groups is 1. The van der Waals surface area contributed by atoms with Crippen LogP contribution < -0.4 is 4.90 Å². The summed E-state index contributed by atoms with van der Waals surface area (Å²) < 4.78 is 0. The predicted molar refractivity (Wildman–Crippen MR) is 103 cm³/mol. The van der Waals surface area contributed by atoms with E-state index in [1.54, 1.807) is 6.20 Å². The molecule has 25 heavy (non-hydrogen) atoms. The van der Waals surface area contributed by atoms with Crippen LogP contribution >= 0.6 is 0 Å². The van der Waals surface area contributed by atoms with Crippen molar-refractivity contribution in [2.24, 2.45) is 0 Å². The van der Waals surface area contributed by atoms with Gasteiger partial charge < -0.3 is 5.11 Å². The van der Waals surface area contributed by atoms with Crippen LogP contribution in [0.15, 0.2) is 18.3 Å². The minimum absolute atomic E-state index is 0.115. The van der Waals surface area contributed by atoms with Gasteiger partial charge in [-0.25, -0.2) is 4.98 Å². The van der Waals surface area contributed by atoms with Gasteiger partial charge >= 0.3 is 0 Å². The zero-order valence-corrected chi connectivity index (χ0v) is 16.2. The van der Waals surface area contributed by atoms with Crippen molar-refractivity contribution in [3.63, 3.8) is 0 Å². The Morgan fingerprint density at radius 3 is 2.44 bits per heavy atom. The van der Waals surface area contributed by atoms with Crippen LogP contribution in [0.5, 0.6) is 0 Å². The van der Waals surface area contributed by atoms with Crippen molar-refractivity contribution in [2.45, 2.75) is 34.1 Å². The Balaban J connectivity index is 0.00000151. The fraction of sp³-hybridized carbons (Fsp3) is 0.684. The quantitative estimate of drug-likeness (QED) is 0.812. The van der Waals surface area contributed by atoms with E-state index < -0.39 is 0 Å². The number of β-amino-alcohol motifs (C(OH)–C–C–N with tert-alkyl or cyclic N) is 1. The third kappa shape index (κ3) is 6.72. The van der Waals surface area contributed by atoms with E-state index in [-0.39, 0.29) is 12.5 Å². The maximum atomic E-state index is 12.8. The number of carbonyl (C=O) groups excluding carboxylic acids is 1. The Morgan fingerprint density at radius 1 is 1.24 bits per heavy atom. The van der Waals surface area contributed by atoms with E-state index >= 15 is 0 Å². The maximum absolute atomic E-state index is 12.8. The van der Waals surface area contributed by atoms with Crippen molar-refractivity contribution >= 4 is 11.7 Å². The molecule has 1 amide bonds. The molecule has 0 atom stereocenters. The molecule has 0 saturated carbocycles. The number of anilines is 1.